The van der Waals surface area contributed by atoms with Gasteiger partial charge in [-0.25, -0.2) is 5.84 Å². The highest BCUT2D eigenvalue weighted by atomic mass is 16.2. The molecular weight excluding hydrogens is 192 g/mol. The number of carbonyl (C=O) groups excluding carboxylic acids is 1. The van der Waals surface area contributed by atoms with Crippen LogP contribution in [0.5, 0.6) is 0 Å². The van der Waals surface area contributed by atoms with Crippen LogP contribution >= 0.6 is 0 Å². The highest BCUT2D eigenvalue weighted by Gasteiger charge is 2.23. The minimum Gasteiger partial charge on any atom is -0.305 e. The summed E-state index contributed by atoms with van der Waals surface area (Å²) in [6.45, 7) is 3.27. The first-order valence-corrected chi connectivity index (χ1v) is 5.51. The zero-order chi connectivity index (χ0) is 11.3. The Morgan fingerprint density at radius 3 is 2.87 bits per heavy atom. The minimum atomic E-state index is -0.0710. The molecule has 1 atom stereocenters. The Labute approximate surface area is 91.6 Å². The number of hydrogen-bond acceptors (Lipinski definition) is 4. The molecule has 1 rings (SSSR count). The molecule has 1 unspecified atom stereocenters. The van der Waals surface area contributed by atoms with Crippen LogP contribution in [0.4, 0.5) is 0 Å². The van der Waals surface area contributed by atoms with Crippen molar-refractivity contribution in [1.29, 1.82) is 0 Å². The summed E-state index contributed by atoms with van der Waals surface area (Å²) in [5.74, 6) is 4.94. The second-order valence-electron chi connectivity index (χ2n) is 4.38. The molecule has 0 saturated carbocycles. The van der Waals surface area contributed by atoms with Gasteiger partial charge in [-0.1, -0.05) is 0 Å². The van der Waals surface area contributed by atoms with E-state index in [1.165, 1.54) is 6.42 Å². The Morgan fingerprint density at radius 2 is 2.33 bits per heavy atom. The van der Waals surface area contributed by atoms with E-state index >= 15 is 0 Å². The summed E-state index contributed by atoms with van der Waals surface area (Å²) in [7, 11) is 4.24. The zero-order valence-corrected chi connectivity index (χ0v) is 9.70. The van der Waals surface area contributed by atoms with Gasteiger partial charge < -0.3 is 9.80 Å². The maximum atomic E-state index is 10.9. The summed E-state index contributed by atoms with van der Waals surface area (Å²) in [6.07, 6.45) is 2.65. The fraction of sp³-hybridized carbons (Fsp3) is 0.900. The SMILES string of the molecule is CN(C)C1CCN(CCCC(=O)NN)C1. The van der Waals surface area contributed by atoms with Crippen LogP contribution in [0, 0.1) is 0 Å². The van der Waals surface area contributed by atoms with E-state index in [0.29, 0.717) is 12.5 Å². The molecule has 1 saturated heterocycles. The third-order valence-electron chi connectivity index (χ3n) is 3.02. The van der Waals surface area contributed by atoms with E-state index in [4.69, 9.17) is 5.84 Å². The van der Waals surface area contributed by atoms with Crippen LogP contribution in [0.2, 0.25) is 0 Å². The maximum absolute atomic E-state index is 10.9. The van der Waals surface area contributed by atoms with Gasteiger partial charge in [-0.2, -0.15) is 0 Å². The van der Waals surface area contributed by atoms with Gasteiger partial charge in [0.05, 0.1) is 0 Å². The Kier molecular flexibility index (Phi) is 5.01. The Morgan fingerprint density at radius 1 is 1.60 bits per heavy atom. The Bertz CT molecular complexity index is 208. The van der Waals surface area contributed by atoms with Crippen LogP contribution in [0.3, 0.4) is 0 Å². The molecule has 1 heterocycles. The van der Waals surface area contributed by atoms with Gasteiger partial charge in [0.2, 0.25) is 5.91 Å². The van der Waals surface area contributed by atoms with Crippen molar-refractivity contribution >= 4 is 5.91 Å². The molecule has 5 heteroatoms. The number of amides is 1. The third kappa shape index (κ3) is 4.15. The van der Waals surface area contributed by atoms with Gasteiger partial charge in [0.15, 0.2) is 0 Å². The average molecular weight is 214 g/mol. The lowest BCUT2D eigenvalue weighted by molar-refractivity contribution is -0.121. The van der Waals surface area contributed by atoms with Crippen molar-refractivity contribution < 1.29 is 4.79 Å². The number of rotatable bonds is 5. The van der Waals surface area contributed by atoms with E-state index in [-0.39, 0.29) is 5.91 Å². The van der Waals surface area contributed by atoms with E-state index in [0.717, 1.165) is 26.1 Å². The fourth-order valence-corrected chi connectivity index (χ4v) is 1.97. The van der Waals surface area contributed by atoms with Crippen molar-refractivity contribution in [3.05, 3.63) is 0 Å². The molecule has 0 aromatic heterocycles. The van der Waals surface area contributed by atoms with Crippen molar-refractivity contribution in [1.82, 2.24) is 15.2 Å². The van der Waals surface area contributed by atoms with Crippen LogP contribution < -0.4 is 11.3 Å². The average Bonchev–Trinajstić information content (AvgIpc) is 2.66. The molecule has 1 aliphatic heterocycles. The number of nitrogens with one attached hydrogen (secondary N) is 1. The summed E-state index contributed by atoms with van der Waals surface area (Å²) in [6, 6.07) is 0.674. The van der Waals surface area contributed by atoms with Gasteiger partial charge in [-0.05, 0) is 40.0 Å². The molecule has 0 aliphatic carbocycles. The van der Waals surface area contributed by atoms with Crippen molar-refractivity contribution in [2.45, 2.75) is 25.3 Å². The number of nitrogens with zero attached hydrogens (tertiary/aromatic N) is 2. The predicted molar refractivity (Wildman–Crippen MR) is 60.1 cm³/mol. The molecule has 0 aromatic rings. The normalized spacial score (nSPS) is 22.3. The van der Waals surface area contributed by atoms with Gasteiger partial charge in [0.25, 0.3) is 0 Å². The summed E-state index contributed by atoms with van der Waals surface area (Å²) in [5.41, 5.74) is 2.15. The lowest BCUT2D eigenvalue weighted by Gasteiger charge is -2.20. The minimum absolute atomic E-state index is 0.0710. The lowest BCUT2D eigenvalue weighted by Crippen LogP contribution is -2.33. The van der Waals surface area contributed by atoms with Crippen LogP contribution in [0.25, 0.3) is 0 Å². The first kappa shape index (κ1) is 12.4. The quantitative estimate of drug-likeness (QED) is 0.364. The number of carbonyl (C=O) groups is 1. The molecule has 0 bridgehead atoms. The van der Waals surface area contributed by atoms with Crippen LogP contribution in [0.1, 0.15) is 19.3 Å². The molecule has 1 amide bonds. The van der Waals surface area contributed by atoms with Gasteiger partial charge in [0, 0.05) is 19.0 Å². The van der Waals surface area contributed by atoms with Crippen LogP contribution in [0.15, 0.2) is 0 Å². The number of likely N-dealkylation sites (N-methyl/N-ethyl adjacent to an activating group) is 1. The predicted octanol–water partition coefficient (Wildman–Crippen LogP) is -0.608. The number of nitrogens with two attached hydrogens (primary N) is 1. The molecule has 1 fully saturated rings. The maximum Gasteiger partial charge on any atom is 0.233 e. The standard InChI is InChI=1S/C10H22N4O/c1-13(2)9-5-7-14(8-9)6-3-4-10(15)12-11/h9H,3-8,11H2,1-2H3,(H,12,15). The van der Waals surface area contributed by atoms with Gasteiger partial charge in [0.1, 0.15) is 0 Å². The van der Waals surface area contributed by atoms with Crippen molar-refractivity contribution in [3.63, 3.8) is 0 Å². The third-order valence-corrected chi connectivity index (χ3v) is 3.02. The van der Waals surface area contributed by atoms with E-state index in [1.54, 1.807) is 0 Å². The van der Waals surface area contributed by atoms with E-state index in [2.05, 4.69) is 29.3 Å². The van der Waals surface area contributed by atoms with E-state index < -0.39 is 0 Å². The largest absolute Gasteiger partial charge is 0.305 e. The number of likely N-dealkylation sites (tertiary alicyclic amines) is 1. The first-order valence-electron chi connectivity index (χ1n) is 5.51. The molecule has 0 spiro atoms. The molecule has 88 valence electrons. The molecule has 0 radical (unpaired) electrons. The molecule has 5 nitrogen and oxygen atoms in total. The Balaban J connectivity index is 2.11. The zero-order valence-electron chi connectivity index (χ0n) is 9.70. The number of hydrogen-bond donors (Lipinski definition) is 2. The lowest BCUT2D eigenvalue weighted by atomic mass is 10.2. The van der Waals surface area contributed by atoms with Gasteiger partial charge >= 0.3 is 0 Å². The molecule has 15 heavy (non-hydrogen) atoms. The smallest absolute Gasteiger partial charge is 0.233 e. The van der Waals surface area contributed by atoms with Crippen molar-refractivity contribution in [3.8, 4) is 0 Å². The highest BCUT2D eigenvalue weighted by molar-refractivity contribution is 5.75. The van der Waals surface area contributed by atoms with E-state index in [1.807, 2.05) is 0 Å². The summed E-state index contributed by atoms with van der Waals surface area (Å²) < 4.78 is 0. The fourth-order valence-electron chi connectivity index (χ4n) is 1.97. The first-order chi connectivity index (χ1) is 7.13. The van der Waals surface area contributed by atoms with Crippen LogP contribution in [-0.2, 0) is 4.79 Å². The summed E-state index contributed by atoms with van der Waals surface area (Å²) in [5, 5.41) is 0. The van der Waals surface area contributed by atoms with Crippen molar-refractivity contribution in [2.75, 3.05) is 33.7 Å². The van der Waals surface area contributed by atoms with Gasteiger partial charge in [-0.15, -0.1) is 0 Å². The molecule has 3 N–H and O–H groups in total. The van der Waals surface area contributed by atoms with Gasteiger partial charge in [-0.3, -0.25) is 10.2 Å². The molecule has 1 aliphatic rings. The summed E-state index contributed by atoms with van der Waals surface area (Å²) in [4.78, 5) is 15.6. The highest BCUT2D eigenvalue weighted by Crippen LogP contribution is 2.13. The monoisotopic (exact) mass is 214 g/mol. The topological polar surface area (TPSA) is 61.6 Å². The molecular formula is C10H22N4O. The number of hydrazine groups is 1. The Hall–Kier alpha value is -0.650. The second kappa shape index (κ2) is 6.05. The molecule has 0 aromatic carbocycles. The second-order valence-corrected chi connectivity index (χ2v) is 4.38. The van der Waals surface area contributed by atoms with Crippen LogP contribution in [-0.4, -0.2) is 55.5 Å². The van der Waals surface area contributed by atoms with Crippen molar-refractivity contribution in [2.24, 2.45) is 5.84 Å². The summed E-state index contributed by atoms with van der Waals surface area (Å²) >= 11 is 0. The van der Waals surface area contributed by atoms with E-state index in [9.17, 15) is 4.79 Å².